The number of aromatic nitrogens is 2. The maximum absolute atomic E-state index is 10.8. The molecule has 5 heteroatoms. The van der Waals surface area contributed by atoms with Gasteiger partial charge in [0, 0.05) is 40.6 Å². The van der Waals surface area contributed by atoms with E-state index in [1.54, 1.807) is 6.26 Å². The zero-order valence-corrected chi connectivity index (χ0v) is 10.4. The molecule has 1 rings (SSSR count). The lowest BCUT2D eigenvalue weighted by Gasteiger charge is -2.04. The third-order valence-corrected chi connectivity index (χ3v) is 3.23. The first-order valence-corrected chi connectivity index (χ1v) is 6.85. The second-order valence-corrected chi connectivity index (χ2v) is 5.27. The molecule has 0 aliphatic heterocycles. The van der Waals surface area contributed by atoms with Crippen molar-refractivity contribution in [1.82, 2.24) is 15.5 Å². The van der Waals surface area contributed by atoms with Gasteiger partial charge in [-0.15, -0.1) is 0 Å². The molecule has 0 spiro atoms. The lowest BCUT2D eigenvalue weighted by atomic mass is 10.2. The first-order valence-electron chi connectivity index (χ1n) is 5.12. The van der Waals surface area contributed by atoms with Crippen LogP contribution in [0.25, 0.3) is 0 Å². The molecule has 0 saturated heterocycles. The molecule has 15 heavy (non-hydrogen) atoms. The van der Waals surface area contributed by atoms with Gasteiger partial charge >= 0.3 is 0 Å². The van der Waals surface area contributed by atoms with Crippen molar-refractivity contribution in [3.63, 3.8) is 0 Å². The molecule has 1 unspecified atom stereocenters. The van der Waals surface area contributed by atoms with Gasteiger partial charge in [-0.2, -0.15) is 5.10 Å². The van der Waals surface area contributed by atoms with Crippen molar-refractivity contribution in [3.8, 4) is 0 Å². The smallest absolute Gasteiger partial charge is 0.0638 e. The van der Waals surface area contributed by atoms with Crippen LogP contribution in [-0.4, -0.2) is 33.0 Å². The van der Waals surface area contributed by atoms with Gasteiger partial charge in [0.25, 0.3) is 0 Å². The molecule has 0 fully saturated rings. The Hall–Kier alpha value is -0.680. The molecule has 4 nitrogen and oxygen atoms in total. The Morgan fingerprint density at radius 2 is 2.20 bits per heavy atom. The van der Waals surface area contributed by atoms with Gasteiger partial charge in [0.15, 0.2) is 0 Å². The molecule has 1 aromatic rings. The molecule has 0 saturated carbocycles. The van der Waals surface area contributed by atoms with Gasteiger partial charge < -0.3 is 5.32 Å². The average Bonchev–Trinajstić information content (AvgIpc) is 2.47. The maximum atomic E-state index is 10.8. The topological polar surface area (TPSA) is 57.8 Å². The van der Waals surface area contributed by atoms with E-state index in [4.69, 9.17) is 0 Å². The van der Waals surface area contributed by atoms with Crippen LogP contribution < -0.4 is 5.32 Å². The van der Waals surface area contributed by atoms with Crippen molar-refractivity contribution >= 4 is 10.8 Å². The third-order valence-electron chi connectivity index (χ3n) is 2.37. The molecule has 0 aromatic carbocycles. The number of rotatable bonds is 6. The number of nitrogens with one attached hydrogen (secondary N) is 2. The van der Waals surface area contributed by atoms with Gasteiger partial charge in [-0.1, -0.05) is 0 Å². The van der Waals surface area contributed by atoms with Crippen LogP contribution in [0.5, 0.6) is 0 Å². The van der Waals surface area contributed by atoms with Gasteiger partial charge in [0.1, 0.15) is 0 Å². The van der Waals surface area contributed by atoms with Crippen LogP contribution in [0.3, 0.4) is 0 Å². The monoisotopic (exact) mass is 229 g/mol. The fraction of sp³-hybridized carbons (Fsp3) is 0.700. The number of hydrogen-bond acceptors (Lipinski definition) is 3. The van der Waals surface area contributed by atoms with E-state index in [0.717, 1.165) is 36.7 Å². The Morgan fingerprint density at radius 1 is 1.47 bits per heavy atom. The SMILES string of the molecule is Cc1n[nH]c(C)c1CNCCCS(C)=O. The molecular formula is C10H19N3OS. The molecule has 1 aromatic heterocycles. The highest BCUT2D eigenvalue weighted by Gasteiger charge is 2.04. The predicted octanol–water partition coefficient (Wildman–Crippen LogP) is 0.885. The summed E-state index contributed by atoms with van der Waals surface area (Å²) in [5.41, 5.74) is 3.42. The van der Waals surface area contributed by atoms with E-state index in [9.17, 15) is 4.21 Å². The molecule has 2 N–H and O–H groups in total. The molecule has 1 atom stereocenters. The minimum Gasteiger partial charge on any atom is -0.313 e. The van der Waals surface area contributed by atoms with Gasteiger partial charge in [0.05, 0.1) is 5.69 Å². The summed E-state index contributed by atoms with van der Waals surface area (Å²) in [6, 6.07) is 0. The van der Waals surface area contributed by atoms with E-state index in [0.29, 0.717) is 0 Å². The lowest BCUT2D eigenvalue weighted by Crippen LogP contribution is -2.17. The highest BCUT2D eigenvalue weighted by molar-refractivity contribution is 7.84. The summed E-state index contributed by atoms with van der Waals surface area (Å²) in [4.78, 5) is 0. The van der Waals surface area contributed by atoms with Gasteiger partial charge in [0.2, 0.25) is 0 Å². The van der Waals surface area contributed by atoms with Crippen molar-refractivity contribution in [2.75, 3.05) is 18.6 Å². The molecule has 0 radical (unpaired) electrons. The van der Waals surface area contributed by atoms with Crippen LogP contribution >= 0.6 is 0 Å². The van der Waals surface area contributed by atoms with Crippen LogP contribution in [0.4, 0.5) is 0 Å². The second-order valence-electron chi connectivity index (χ2n) is 3.72. The fourth-order valence-corrected chi connectivity index (χ4v) is 2.00. The molecule has 0 amide bonds. The van der Waals surface area contributed by atoms with E-state index >= 15 is 0 Å². The quantitative estimate of drug-likeness (QED) is 0.712. The van der Waals surface area contributed by atoms with E-state index in [1.165, 1.54) is 5.56 Å². The number of aryl methyl sites for hydroxylation is 2. The van der Waals surface area contributed by atoms with E-state index in [1.807, 2.05) is 13.8 Å². The normalized spacial score (nSPS) is 13.0. The number of H-pyrrole nitrogens is 1. The van der Waals surface area contributed by atoms with E-state index in [2.05, 4.69) is 15.5 Å². The lowest BCUT2D eigenvalue weighted by molar-refractivity contribution is 0.659. The van der Waals surface area contributed by atoms with Crippen molar-refractivity contribution < 1.29 is 4.21 Å². The minimum absolute atomic E-state index is 0.673. The third kappa shape index (κ3) is 4.13. The standard InChI is InChI=1S/C10H19N3OS/c1-8-10(9(2)13-12-8)7-11-5-4-6-15(3)14/h11H,4-7H2,1-3H3,(H,12,13). The Bertz CT molecular complexity index is 316. The summed E-state index contributed by atoms with van der Waals surface area (Å²) in [5.74, 6) is 0.774. The second kappa shape index (κ2) is 6.02. The van der Waals surface area contributed by atoms with Crippen molar-refractivity contribution in [1.29, 1.82) is 0 Å². The molecule has 86 valence electrons. The maximum Gasteiger partial charge on any atom is 0.0638 e. The summed E-state index contributed by atoms with van der Waals surface area (Å²) in [6.45, 7) is 5.77. The van der Waals surface area contributed by atoms with Gasteiger partial charge in [-0.3, -0.25) is 9.31 Å². The fourth-order valence-electron chi connectivity index (χ4n) is 1.45. The first kappa shape index (κ1) is 12.4. The zero-order valence-electron chi connectivity index (χ0n) is 9.59. The zero-order chi connectivity index (χ0) is 11.3. The summed E-state index contributed by atoms with van der Waals surface area (Å²) >= 11 is 0. The predicted molar refractivity (Wildman–Crippen MR) is 63.3 cm³/mol. The molecule has 0 aliphatic carbocycles. The average molecular weight is 229 g/mol. The Balaban J connectivity index is 2.23. The Kier molecular flexibility index (Phi) is 4.98. The number of aromatic amines is 1. The summed E-state index contributed by atoms with van der Waals surface area (Å²) in [5, 5.41) is 10.4. The van der Waals surface area contributed by atoms with Crippen molar-refractivity contribution in [3.05, 3.63) is 17.0 Å². The summed E-state index contributed by atoms with van der Waals surface area (Å²) in [6.07, 6.45) is 2.70. The largest absolute Gasteiger partial charge is 0.313 e. The van der Waals surface area contributed by atoms with Crippen LogP contribution in [0, 0.1) is 13.8 Å². The molecule has 0 aliphatic rings. The van der Waals surface area contributed by atoms with E-state index in [-0.39, 0.29) is 0 Å². The van der Waals surface area contributed by atoms with Gasteiger partial charge in [-0.25, -0.2) is 0 Å². The first-order chi connectivity index (χ1) is 7.11. The van der Waals surface area contributed by atoms with Crippen LogP contribution in [0.2, 0.25) is 0 Å². The molecular weight excluding hydrogens is 210 g/mol. The summed E-state index contributed by atoms with van der Waals surface area (Å²) < 4.78 is 10.8. The van der Waals surface area contributed by atoms with Crippen LogP contribution in [-0.2, 0) is 17.3 Å². The van der Waals surface area contributed by atoms with Gasteiger partial charge in [-0.05, 0) is 26.8 Å². The highest BCUT2D eigenvalue weighted by Crippen LogP contribution is 2.07. The number of hydrogen-bond donors (Lipinski definition) is 2. The van der Waals surface area contributed by atoms with Crippen LogP contribution in [0.1, 0.15) is 23.4 Å². The van der Waals surface area contributed by atoms with Crippen LogP contribution in [0.15, 0.2) is 0 Å². The van der Waals surface area contributed by atoms with Crippen molar-refractivity contribution in [2.45, 2.75) is 26.8 Å². The molecule has 0 bridgehead atoms. The Labute approximate surface area is 93.3 Å². The van der Waals surface area contributed by atoms with Crippen molar-refractivity contribution in [2.24, 2.45) is 0 Å². The summed E-state index contributed by atoms with van der Waals surface area (Å²) in [7, 11) is -0.673. The minimum atomic E-state index is -0.673. The van der Waals surface area contributed by atoms with E-state index < -0.39 is 10.8 Å². The Morgan fingerprint density at radius 3 is 2.73 bits per heavy atom. The number of nitrogens with zero attached hydrogens (tertiary/aromatic N) is 1. The molecule has 1 heterocycles. The highest BCUT2D eigenvalue weighted by atomic mass is 32.2.